The summed E-state index contributed by atoms with van der Waals surface area (Å²) >= 11 is 0. The average molecular weight is 312 g/mol. The van der Waals surface area contributed by atoms with Crippen LogP contribution in [-0.2, 0) is 4.79 Å². The number of carboxylic acids is 1. The van der Waals surface area contributed by atoms with Gasteiger partial charge in [0.1, 0.15) is 11.5 Å². The number of hydrogen-bond acceptors (Lipinski definition) is 3. The fourth-order valence-electron chi connectivity index (χ4n) is 2.14. The van der Waals surface area contributed by atoms with Crippen molar-refractivity contribution in [3.05, 3.63) is 59.7 Å². The Hall–Kier alpha value is -2.75. The minimum atomic E-state index is -0.978. The molecule has 0 bridgehead atoms. The lowest BCUT2D eigenvalue weighted by molar-refractivity contribution is -0.130. The van der Waals surface area contributed by atoms with Gasteiger partial charge >= 0.3 is 5.97 Å². The van der Waals surface area contributed by atoms with E-state index in [0.29, 0.717) is 29.2 Å². The van der Waals surface area contributed by atoms with Crippen molar-refractivity contribution in [3.63, 3.8) is 0 Å². The van der Waals surface area contributed by atoms with E-state index in [1.807, 2.05) is 25.1 Å². The van der Waals surface area contributed by atoms with Gasteiger partial charge in [0.05, 0.1) is 19.3 Å². The molecular weight excluding hydrogens is 292 g/mol. The first-order chi connectivity index (χ1) is 11.2. The second-order valence-electron chi connectivity index (χ2n) is 4.98. The summed E-state index contributed by atoms with van der Waals surface area (Å²) in [7, 11) is 1.58. The third kappa shape index (κ3) is 4.36. The van der Waals surface area contributed by atoms with Gasteiger partial charge in [-0.2, -0.15) is 0 Å². The lowest BCUT2D eigenvalue weighted by atomic mass is 10.0. The molecule has 0 aromatic heterocycles. The van der Waals surface area contributed by atoms with Crippen LogP contribution >= 0.6 is 0 Å². The van der Waals surface area contributed by atoms with Gasteiger partial charge in [-0.05, 0) is 30.2 Å². The van der Waals surface area contributed by atoms with Crippen molar-refractivity contribution in [1.82, 2.24) is 0 Å². The molecule has 0 spiro atoms. The van der Waals surface area contributed by atoms with Crippen molar-refractivity contribution in [3.8, 4) is 11.5 Å². The highest BCUT2D eigenvalue weighted by Crippen LogP contribution is 2.29. The van der Waals surface area contributed by atoms with Crippen LogP contribution in [0.25, 0.3) is 11.6 Å². The maximum Gasteiger partial charge on any atom is 0.336 e. The molecule has 4 nitrogen and oxygen atoms in total. The molecule has 1 N–H and O–H groups in total. The maximum atomic E-state index is 11.6. The molecule has 0 fully saturated rings. The first-order valence-corrected chi connectivity index (χ1v) is 7.47. The van der Waals surface area contributed by atoms with Crippen LogP contribution in [0.1, 0.15) is 24.5 Å². The fourth-order valence-corrected chi connectivity index (χ4v) is 2.14. The van der Waals surface area contributed by atoms with Gasteiger partial charge in [-0.1, -0.05) is 37.3 Å². The van der Waals surface area contributed by atoms with Crippen LogP contribution in [0, 0.1) is 0 Å². The van der Waals surface area contributed by atoms with Crippen LogP contribution < -0.4 is 9.47 Å². The van der Waals surface area contributed by atoms with Gasteiger partial charge in [0.15, 0.2) is 0 Å². The fraction of sp³-hybridized carbons (Fsp3) is 0.211. The van der Waals surface area contributed by atoms with Crippen molar-refractivity contribution in [2.24, 2.45) is 0 Å². The molecule has 0 saturated heterocycles. The van der Waals surface area contributed by atoms with Crippen LogP contribution in [0.5, 0.6) is 11.5 Å². The van der Waals surface area contributed by atoms with Gasteiger partial charge < -0.3 is 14.6 Å². The average Bonchev–Trinajstić information content (AvgIpc) is 2.58. The Bertz CT molecular complexity index is 690. The number of rotatable bonds is 7. The summed E-state index contributed by atoms with van der Waals surface area (Å²) in [6, 6.07) is 14.4. The maximum absolute atomic E-state index is 11.6. The number of hydrogen-bond donors (Lipinski definition) is 1. The van der Waals surface area contributed by atoms with Gasteiger partial charge in [-0.15, -0.1) is 0 Å². The van der Waals surface area contributed by atoms with E-state index in [0.717, 1.165) is 6.42 Å². The van der Waals surface area contributed by atoms with Gasteiger partial charge in [0.25, 0.3) is 0 Å². The van der Waals surface area contributed by atoms with Gasteiger partial charge in [-0.25, -0.2) is 4.79 Å². The predicted molar refractivity (Wildman–Crippen MR) is 90.7 cm³/mol. The van der Waals surface area contributed by atoms with Crippen LogP contribution in [0.3, 0.4) is 0 Å². The van der Waals surface area contributed by atoms with E-state index in [-0.39, 0.29) is 5.57 Å². The number of ether oxygens (including phenoxy) is 2. The van der Waals surface area contributed by atoms with Crippen molar-refractivity contribution in [2.75, 3.05) is 13.7 Å². The van der Waals surface area contributed by atoms with Crippen LogP contribution in [-0.4, -0.2) is 24.8 Å². The SMILES string of the molecule is CCCOc1cc(OC)ccc1/C=C(\C(=O)O)c1ccccc1. The lowest BCUT2D eigenvalue weighted by Crippen LogP contribution is -2.01. The minimum absolute atomic E-state index is 0.220. The minimum Gasteiger partial charge on any atom is -0.497 e. The predicted octanol–water partition coefficient (Wildman–Crippen LogP) is 4.11. The smallest absolute Gasteiger partial charge is 0.336 e. The quantitative estimate of drug-likeness (QED) is 0.617. The molecule has 0 saturated carbocycles. The first-order valence-electron chi connectivity index (χ1n) is 7.47. The summed E-state index contributed by atoms with van der Waals surface area (Å²) in [4.78, 5) is 11.6. The van der Waals surface area contributed by atoms with E-state index in [1.165, 1.54) is 0 Å². The van der Waals surface area contributed by atoms with Gasteiger partial charge in [-0.3, -0.25) is 0 Å². The summed E-state index contributed by atoms with van der Waals surface area (Å²) in [5, 5.41) is 9.52. The Labute approximate surface area is 136 Å². The number of aliphatic carboxylic acids is 1. The van der Waals surface area contributed by atoms with E-state index < -0.39 is 5.97 Å². The Morgan fingerprint density at radius 3 is 2.52 bits per heavy atom. The molecule has 0 unspecified atom stereocenters. The molecule has 120 valence electrons. The zero-order valence-electron chi connectivity index (χ0n) is 13.3. The molecule has 0 heterocycles. The molecule has 0 aliphatic rings. The van der Waals surface area contributed by atoms with Crippen molar-refractivity contribution in [2.45, 2.75) is 13.3 Å². The molecule has 0 aliphatic heterocycles. The van der Waals surface area contributed by atoms with E-state index in [1.54, 1.807) is 43.5 Å². The highest BCUT2D eigenvalue weighted by molar-refractivity contribution is 6.20. The standard InChI is InChI=1S/C19H20O4/c1-3-11-23-18-13-16(22-2)10-9-15(18)12-17(19(20)21)14-7-5-4-6-8-14/h4-10,12-13H,3,11H2,1-2H3,(H,20,21)/b17-12-. The third-order valence-electron chi connectivity index (χ3n) is 3.30. The molecule has 0 radical (unpaired) electrons. The van der Waals surface area contributed by atoms with Crippen LogP contribution in [0.2, 0.25) is 0 Å². The van der Waals surface area contributed by atoms with Gasteiger partial charge in [0, 0.05) is 11.6 Å². The summed E-state index contributed by atoms with van der Waals surface area (Å²) < 4.78 is 10.9. The molecule has 23 heavy (non-hydrogen) atoms. The second kappa shape index (κ2) is 8.03. The molecular formula is C19H20O4. The first kappa shape index (κ1) is 16.6. The van der Waals surface area contributed by atoms with E-state index in [9.17, 15) is 9.90 Å². The number of methoxy groups -OCH3 is 1. The van der Waals surface area contributed by atoms with E-state index in [2.05, 4.69) is 0 Å². The topological polar surface area (TPSA) is 55.8 Å². The molecule has 4 heteroatoms. The number of benzene rings is 2. The highest BCUT2D eigenvalue weighted by Gasteiger charge is 2.12. The van der Waals surface area contributed by atoms with E-state index in [4.69, 9.17) is 9.47 Å². The summed E-state index contributed by atoms with van der Waals surface area (Å²) in [6.07, 6.45) is 2.49. The van der Waals surface area contributed by atoms with Gasteiger partial charge in [0.2, 0.25) is 0 Å². The summed E-state index contributed by atoms with van der Waals surface area (Å²) in [5.41, 5.74) is 1.58. The van der Waals surface area contributed by atoms with E-state index >= 15 is 0 Å². The zero-order valence-corrected chi connectivity index (χ0v) is 13.3. The molecule has 0 atom stereocenters. The Morgan fingerprint density at radius 2 is 1.91 bits per heavy atom. The summed E-state index contributed by atoms with van der Waals surface area (Å²) in [5.74, 6) is 0.305. The summed E-state index contributed by atoms with van der Waals surface area (Å²) in [6.45, 7) is 2.57. The highest BCUT2D eigenvalue weighted by atomic mass is 16.5. The van der Waals surface area contributed by atoms with Crippen LogP contribution in [0.4, 0.5) is 0 Å². The second-order valence-corrected chi connectivity index (χ2v) is 4.98. The molecule has 0 aliphatic carbocycles. The van der Waals surface area contributed by atoms with Crippen LogP contribution in [0.15, 0.2) is 48.5 Å². The largest absolute Gasteiger partial charge is 0.497 e. The Balaban J connectivity index is 2.47. The van der Waals surface area contributed by atoms with Crippen molar-refractivity contribution >= 4 is 17.6 Å². The number of carboxylic acid groups (broad SMARTS) is 1. The van der Waals surface area contributed by atoms with Crippen molar-refractivity contribution < 1.29 is 19.4 Å². The Morgan fingerprint density at radius 1 is 1.17 bits per heavy atom. The third-order valence-corrected chi connectivity index (χ3v) is 3.30. The molecule has 2 rings (SSSR count). The molecule has 2 aromatic carbocycles. The zero-order chi connectivity index (χ0) is 16.7. The number of carbonyl (C=O) groups is 1. The monoisotopic (exact) mass is 312 g/mol. The normalized spacial score (nSPS) is 11.1. The van der Waals surface area contributed by atoms with Crippen molar-refractivity contribution in [1.29, 1.82) is 0 Å². The molecule has 0 amide bonds. The Kier molecular flexibility index (Phi) is 5.80. The molecule has 2 aromatic rings. The lowest BCUT2D eigenvalue weighted by Gasteiger charge is -2.11.